The van der Waals surface area contributed by atoms with E-state index >= 15 is 0 Å². The molecule has 14 nitrogen and oxygen atoms in total. The smallest absolute Gasteiger partial charge is 1.00 e. The summed E-state index contributed by atoms with van der Waals surface area (Å²) < 4.78 is 119. The number of benzene rings is 2. The van der Waals surface area contributed by atoms with Crippen LogP contribution in [0.3, 0.4) is 0 Å². The summed E-state index contributed by atoms with van der Waals surface area (Å²) in [6.45, 7) is 10.4. The second-order valence-electron chi connectivity index (χ2n) is 17.1. The van der Waals surface area contributed by atoms with Crippen LogP contribution in [0, 0.1) is 33.1 Å². The Balaban J connectivity index is 0.000000254. The van der Waals surface area contributed by atoms with E-state index in [0.717, 1.165) is 41.6 Å². The second kappa shape index (κ2) is 20.7. The average molecular weight is 1050 g/mol. The van der Waals surface area contributed by atoms with Crippen molar-refractivity contribution in [3.05, 3.63) is 90.6 Å². The van der Waals surface area contributed by atoms with E-state index in [4.69, 9.17) is 9.47 Å². The van der Waals surface area contributed by atoms with Gasteiger partial charge in [-0.3, -0.25) is 17.2 Å². The number of halogens is 5. The molecule has 4 aromatic rings. The van der Waals surface area contributed by atoms with Crippen LogP contribution in [0.25, 0.3) is 22.5 Å². The van der Waals surface area contributed by atoms with Crippen molar-refractivity contribution in [1.82, 2.24) is 9.97 Å². The zero-order valence-electron chi connectivity index (χ0n) is 38.7. The fraction of sp³-hybridized carbons (Fsp3) is 0.467. The monoisotopic (exact) mass is 1050 g/mol. The largest absolute Gasteiger partial charge is 2.00 e. The first kappa shape index (κ1) is 55.8. The number of carbonyl (C=O) groups is 1. The number of aromatic nitrogens is 2. The quantitative estimate of drug-likeness (QED) is 0.108. The molecule has 2 saturated carbocycles. The summed E-state index contributed by atoms with van der Waals surface area (Å²) in [6, 6.07) is 16.9. The summed E-state index contributed by atoms with van der Waals surface area (Å²) >= 11 is 0. The zero-order valence-corrected chi connectivity index (χ0v) is 43.3. The summed E-state index contributed by atoms with van der Waals surface area (Å²) in [7, 11) is -5.03. The molecule has 1 N–H and O–H groups in total. The van der Waals surface area contributed by atoms with Gasteiger partial charge in [0.25, 0.3) is 11.8 Å². The standard InChI is InChI=1S/C20H21F2N3O4S.C20H23F2N3O3S.C4H8O.CH3.BrH.Mg/c1-4-29-19(26)15-7-5-12(2)18(23-15)13-6-8-16-17(9-13)24(3)30(27,28)25(16)11-14-10-20(14,21)22;1-12-5-8-17(19(2,3)26)23-18(12)13-6-7-15-16(9-13)24(4)29(27,28)25(15)11-14-10-20(14,21)22;1-2-4-5-3-1;;;/h5-9,14H,4,10-11H2,1-3H3;5-9,14,26H,10-11H2,1-4H3;1-4H2;1H3;1H;/q;;;-1;;+2/p-1. The molecule has 0 amide bonds. The van der Waals surface area contributed by atoms with Crippen LogP contribution in [0.4, 0.5) is 40.3 Å². The molecule has 0 radical (unpaired) electrons. The number of nitrogens with zero attached hydrogens (tertiary/aromatic N) is 6. The third-order valence-corrected chi connectivity index (χ3v) is 15.4. The Morgan fingerprint density at radius 2 is 1.18 bits per heavy atom. The number of hydrogen-bond donors (Lipinski definition) is 1. The van der Waals surface area contributed by atoms with Crippen molar-refractivity contribution in [3.63, 3.8) is 0 Å². The molecule has 2 atom stereocenters. The molecule has 3 fully saturated rings. The van der Waals surface area contributed by atoms with Gasteiger partial charge in [-0.2, -0.15) is 16.8 Å². The molecule has 0 bridgehead atoms. The Morgan fingerprint density at radius 1 is 0.761 bits per heavy atom. The number of aliphatic hydroxyl groups is 1. The number of aryl methyl sites for hydroxylation is 2. The van der Waals surface area contributed by atoms with Crippen LogP contribution in [0.2, 0.25) is 0 Å². The number of hydrogen-bond acceptors (Lipinski definition) is 10. The normalized spacial score (nSPS) is 20.6. The number of fused-ring (bicyclic) bond motifs is 2. The van der Waals surface area contributed by atoms with E-state index in [9.17, 15) is 44.3 Å². The molecule has 2 aromatic carbocycles. The molecule has 22 heteroatoms. The predicted molar refractivity (Wildman–Crippen MR) is 248 cm³/mol. The Bertz CT molecular complexity index is 2690. The summed E-state index contributed by atoms with van der Waals surface area (Å²) in [5, 5.41) is 10.3. The Morgan fingerprint density at radius 3 is 1.55 bits per heavy atom. The van der Waals surface area contributed by atoms with Crippen molar-refractivity contribution < 1.29 is 70.8 Å². The van der Waals surface area contributed by atoms with Crippen LogP contribution >= 0.6 is 0 Å². The summed E-state index contributed by atoms with van der Waals surface area (Å²) in [4.78, 5) is 21.0. The van der Waals surface area contributed by atoms with E-state index < -0.39 is 55.7 Å². The maximum absolute atomic E-state index is 13.4. The molecule has 5 aliphatic rings. The van der Waals surface area contributed by atoms with Crippen molar-refractivity contribution in [2.45, 2.75) is 77.7 Å². The van der Waals surface area contributed by atoms with Crippen LogP contribution in [-0.2, 0) is 35.5 Å². The van der Waals surface area contributed by atoms with Crippen LogP contribution < -0.4 is 34.2 Å². The first-order valence-corrected chi connectivity index (χ1v) is 23.7. The van der Waals surface area contributed by atoms with Gasteiger partial charge in [0, 0.05) is 76.2 Å². The molecule has 9 rings (SSSR count). The number of esters is 1. The number of carbonyl (C=O) groups excluding carboxylic acids is 1. The van der Waals surface area contributed by atoms with Gasteiger partial charge in [-0.1, -0.05) is 24.3 Å². The Kier molecular flexibility index (Phi) is 17.2. The maximum Gasteiger partial charge on any atom is 2.00 e. The third kappa shape index (κ3) is 11.5. The molecular formula is C45H55BrF4MgN6O8S2. The molecular weight excluding hydrogens is 997 g/mol. The first-order chi connectivity index (χ1) is 29.9. The van der Waals surface area contributed by atoms with Crippen LogP contribution in [0.15, 0.2) is 60.7 Å². The third-order valence-electron chi connectivity index (χ3n) is 11.8. The number of ether oxygens (including phenoxy) is 2. The predicted octanol–water partition coefficient (Wildman–Crippen LogP) is 4.70. The van der Waals surface area contributed by atoms with E-state index in [1.54, 1.807) is 75.4 Å². The van der Waals surface area contributed by atoms with Gasteiger partial charge >= 0.3 is 49.4 Å². The van der Waals surface area contributed by atoms with Gasteiger partial charge < -0.3 is 39.0 Å². The van der Waals surface area contributed by atoms with Crippen LogP contribution in [-0.4, -0.2) is 120 Å². The van der Waals surface area contributed by atoms with Crippen LogP contribution in [0.5, 0.6) is 0 Å². The van der Waals surface area contributed by atoms with Gasteiger partial charge in [0.15, 0.2) is 0 Å². The molecule has 5 heterocycles. The Hall–Kier alpha value is -3.80. The molecule has 362 valence electrons. The van der Waals surface area contributed by atoms with E-state index in [2.05, 4.69) is 9.97 Å². The molecule has 67 heavy (non-hydrogen) atoms. The minimum Gasteiger partial charge on any atom is -1.00 e. The van der Waals surface area contributed by atoms with E-state index in [1.807, 2.05) is 19.9 Å². The molecule has 3 aliphatic heterocycles. The topological polar surface area (TPSA) is 163 Å². The van der Waals surface area contributed by atoms with Gasteiger partial charge in [-0.15, -0.1) is 0 Å². The minimum atomic E-state index is -3.93. The minimum absolute atomic E-state index is 0. The summed E-state index contributed by atoms with van der Waals surface area (Å²) in [6.07, 6.45) is 1.96. The number of rotatable bonds is 9. The fourth-order valence-electron chi connectivity index (χ4n) is 7.59. The molecule has 0 spiro atoms. The molecule has 2 aliphatic carbocycles. The number of anilines is 4. The van der Waals surface area contributed by atoms with Crippen molar-refractivity contribution >= 4 is 72.2 Å². The average Bonchev–Trinajstić information content (AvgIpc) is 3.74. The van der Waals surface area contributed by atoms with Gasteiger partial charge in [-0.05, 0) is 95.0 Å². The first-order valence-electron chi connectivity index (χ1n) is 20.9. The van der Waals surface area contributed by atoms with Crippen molar-refractivity contribution in [3.8, 4) is 22.5 Å². The van der Waals surface area contributed by atoms with Gasteiger partial charge in [0.1, 0.15) is 11.3 Å². The van der Waals surface area contributed by atoms with E-state index in [-0.39, 0.29) is 85.7 Å². The Labute approximate surface area is 417 Å². The fourth-order valence-corrected chi connectivity index (χ4v) is 10.5. The number of alkyl halides is 4. The van der Waals surface area contributed by atoms with Crippen molar-refractivity contribution in [2.75, 3.05) is 64.2 Å². The molecule has 2 aromatic heterocycles. The summed E-state index contributed by atoms with van der Waals surface area (Å²) in [5.41, 5.74) is 5.16. The van der Waals surface area contributed by atoms with Crippen molar-refractivity contribution in [1.29, 1.82) is 0 Å². The van der Waals surface area contributed by atoms with Gasteiger partial charge in [-0.25, -0.2) is 32.3 Å². The zero-order chi connectivity index (χ0) is 46.7. The van der Waals surface area contributed by atoms with Gasteiger partial charge in [0.05, 0.1) is 46.4 Å². The van der Waals surface area contributed by atoms with Crippen molar-refractivity contribution in [2.24, 2.45) is 11.8 Å². The SMILES string of the molecule is C1CCOC1.CCOC(=O)c1ccc(C)c(-c2ccc3c(c2)N(C)S(=O)(=O)N3CC2CC2(F)F)n1.Cc1ccc(C(C)(C)O)nc1-c1ccc2c(c1)N(C)S(=O)(=O)N2CC1CC1(F)F.[Br-].[CH3-].[Mg+2]. The van der Waals surface area contributed by atoms with E-state index in [1.165, 1.54) is 26.9 Å². The maximum atomic E-state index is 13.4. The summed E-state index contributed by atoms with van der Waals surface area (Å²) in [5.74, 6) is -8.09. The second-order valence-corrected chi connectivity index (χ2v) is 20.8. The van der Waals surface area contributed by atoms with Crippen LogP contribution in [0.1, 0.15) is 73.8 Å². The van der Waals surface area contributed by atoms with E-state index in [0.29, 0.717) is 51.0 Å². The number of pyridine rings is 2. The molecule has 1 saturated heterocycles. The molecule has 2 unspecified atom stereocenters. The van der Waals surface area contributed by atoms with Gasteiger partial charge in [0.2, 0.25) is 0 Å².